The zero-order valence-electron chi connectivity index (χ0n) is 27.2. The topological polar surface area (TPSA) is 44.8 Å². The second-order valence-electron chi connectivity index (χ2n) is 11.6. The Morgan fingerprint density at radius 2 is 0.927 bits per heavy atom. The zero-order chi connectivity index (χ0) is 29.6. The highest BCUT2D eigenvalue weighted by molar-refractivity contribution is 5.88. The molecule has 0 N–H and O–H groups in total. The molecule has 1 rings (SSSR count). The normalized spacial score (nSPS) is 11.3. The molecule has 4 nitrogen and oxygen atoms in total. The van der Waals surface area contributed by atoms with E-state index in [4.69, 9.17) is 14.2 Å². The van der Waals surface area contributed by atoms with Gasteiger partial charge in [0.15, 0.2) is 0 Å². The second-order valence-corrected chi connectivity index (χ2v) is 11.6. The van der Waals surface area contributed by atoms with Gasteiger partial charge in [-0.3, -0.25) is 0 Å². The largest absolute Gasteiger partial charge is 0.493 e. The van der Waals surface area contributed by atoms with E-state index in [1.54, 1.807) is 6.08 Å². The van der Waals surface area contributed by atoms with E-state index in [2.05, 4.69) is 20.8 Å². The predicted molar refractivity (Wildman–Crippen MR) is 176 cm³/mol. The van der Waals surface area contributed by atoms with Crippen molar-refractivity contribution in [1.82, 2.24) is 0 Å². The molecule has 0 aromatic heterocycles. The maximum absolute atomic E-state index is 12.2. The molecule has 0 fully saturated rings. The molecule has 236 valence electrons. The minimum Gasteiger partial charge on any atom is -0.493 e. The first-order chi connectivity index (χ1) is 20.2. The van der Waals surface area contributed by atoms with Crippen LogP contribution in [0.15, 0.2) is 24.3 Å². The lowest BCUT2D eigenvalue weighted by molar-refractivity contribution is -0.137. The van der Waals surface area contributed by atoms with Crippen molar-refractivity contribution >= 4 is 12.0 Å². The summed E-state index contributed by atoms with van der Waals surface area (Å²) in [4.78, 5) is 12.2. The molecular weight excluding hydrogens is 508 g/mol. The van der Waals surface area contributed by atoms with Gasteiger partial charge in [-0.1, -0.05) is 149 Å². The first-order valence-electron chi connectivity index (χ1n) is 17.5. The van der Waals surface area contributed by atoms with Crippen molar-refractivity contribution in [3.05, 3.63) is 29.8 Å². The van der Waals surface area contributed by atoms with Crippen LogP contribution in [-0.2, 0) is 9.53 Å². The monoisotopic (exact) mass is 572 g/mol. The summed E-state index contributed by atoms with van der Waals surface area (Å²) in [5, 5.41) is 0. The Bertz CT molecular complexity index is 713. The first kappa shape index (κ1) is 37.1. The fourth-order valence-electron chi connectivity index (χ4n) is 5.00. The van der Waals surface area contributed by atoms with Crippen molar-refractivity contribution < 1.29 is 19.0 Å². The quantitative estimate of drug-likeness (QED) is 0.0544. The van der Waals surface area contributed by atoms with Gasteiger partial charge >= 0.3 is 5.97 Å². The van der Waals surface area contributed by atoms with Gasteiger partial charge in [-0.15, -0.1) is 0 Å². The molecule has 0 spiro atoms. The molecule has 0 amide bonds. The number of ether oxygens (including phenoxy) is 3. The number of carbonyl (C=O) groups excluding carboxylic acids is 1. The number of rotatable bonds is 29. The Labute approximate surface area is 254 Å². The van der Waals surface area contributed by atoms with Crippen LogP contribution >= 0.6 is 0 Å². The van der Waals surface area contributed by atoms with E-state index >= 15 is 0 Å². The van der Waals surface area contributed by atoms with Crippen molar-refractivity contribution in [1.29, 1.82) is 0 Å². The minimum atomic E-state index is -0.316. The predicted octanol–water partition coefficient (Wildman–Crippen LogP) is 11.6. The molecular formula is C37H64O4. The van der Waals surface area contributed by atoms with Crippen LogP contribution in [0.4, 0.5) is 0 Å². The van der Waals surface area contributed by atoms with Gasteiger partial charge < -0.3 is 14.2 Å². The average molecular weight is 573 g/mol. The summed E-state index contributed by atoms with van der Waals surface area (Å²) >= 11 is 0. The average Bonchev–Trinajstić information content (AvgIpc) is 2.98. The molecule has 0 aliphatic rings. The van der Waals surface area contributed by atoms with E-state index in [0.717, 1.165) is 42.7 Å². The third-order valence-corrected chi connectivity index (χ3v) is 7.67. The fraction of sp³-hybridized carbons (Fsp3) is 0.757. The Morgan fingerprint density at radius 1 is 0.537 bits per heavy atom. The lowest BCUT2D eigenvalue weighted by atomic mass is 10.1. The molecule has 0 unspecified atom stereocenters. The third-order valence-electron chi connectivity index (χ3n) is 7.67. The molecule has 41 heavy (non-hydrogen) atoms. The molecule has 1 aromatic rings. The van der Waals surface area contributed by atoms with E-state index in [0.29, 0.717) is 19.8 Å². The first-order valence-corrected chi connectivity index (χ1v) is 17.5. The van der Waals surface area contributed by atoms with Gasteiger partial charge in [-0.25, -0.2) is 4.79 Å². The molecule has 1 aromatic carbocycles. The van der Waals surface area contributed by atoms with Crippen molar-refractivity contribution in [3.8, 4) is 11.5 Å². The van der Waals surface area contributed by atoms with Gasteiger partial charge in [-0.2, -0.15) is 0 Å². The van der Waals surface area contributed by atoms with E-state index in [9.17, 15) is 4.79 Å². The number of carbonyl (C=O) groups is 1. The van der Waals surface area contributed by atoms with Crippen molar-refractivity contribution in [2.75, 3.05) is 19.8 Å². The summed E-state index contributed by atoms with van der Waals surface area (Å²) in [5.41, 5.74) is 0.833. The summed E-state index contributed by atoms with van der Waals surface area (Å²) in [6.07, 6.45) is 31.2. The van der Waals surface area contributed by atoms with Crippen LogP contribution < -0.4 is 9.47 Å². The van der Waals surface area contributed by atoms with Crippen molar-refractivity contribution in [2.45, 2.75) is 162 Å². The van der Waals surface area contributed by atoms with Crippen LogP contribution in [0.2, 0.25) is 0 Å². The zero-order valence-corrected chi connectivity index (χ0v) is 27.2. The molecule has 0 aliphatic carbocycles. The third kappa shape index (κ3) is 21.4. The van der Waals surface area contributed by atoms with Crippen LogP contribution in [0.3, 0.4) is 0 Å². The number of benzene rings is 1. The Kier molecular flexibility index (Phi) is 25.5. The number of hydrogen-bond donors (Lipinski definition) is 0. The van der Waals surface area contributed by atoms with E-state index < -0.39 is 0 Å². The number of unbranched alkanes of at least 4 members (excludes halogenated alkanes) is 19. The van der Waals surface area contributed by atoms with Crippen molar-refractivity contribution in [3.63, 3.8) is 0 Å². The smallest absolute Gasteiger partial charge is 0.330 e. The van der Waals surface area contributed by atoms with Gasteiger partial charge in [0, 0.05) is 6.08 Å². The Morgan fingerprint density at radius 3 is 1.34 bits per heavy atom. The lowest BCUT2D eigenvalue weighted by Crippen LogP contribution is -2.04. The Balaban J connectivity index is 2.49. The maximum Gasteiger partial charge on any atom is 0.330 e. The highest BCUT2D eigenvalue weighted by atomic mass is 16.5. The van der Waals surface area contributed by atoms with Gasteiger partial charge in [0.1, 0.15) is 11.5 Å². The molecule has 0 saturated heterocycles. The fourth-order valence-corrected chi connectivity index (χ4v) is 5.00. The van der Waals surface area contributed by atoms with Crippen LogP contribution in [0.1, 0.15) is 168 Å². The van der Waals surface area contributed by atoms with Gasteiger partial charge in [0.05, 0.1) is 25.4 Å². The number of esters is 1. The standard InChI is InChI=1S/C37H64O4/c1-4-7-10-12-14-16-18-20-22-24-32-39-35-27-26-28-36(34(35)29-30-37(38)41-31-9-6-3)40-33-25-23-21-19-17-15-13-11-8-5-2/h26-30H,4-25,31-33H2,1-3H3. The highest BCUT2D eigenvalue weighted by Crippen LogP contribution is 2.31. The summed E-state index contributed by atoms with van der Waals surface area (Å²) < 4.78 is 17.7. The van der Waals surface area contributed by atoms with E-state index in [1.807, 2.05) is 18.2 Å². The van der Waals surface area contributed by atoms with Gasteiger partial charge in [0.2, 0.25) is 0 Å². The van der Waals surface area contributed by atoms with Crippen LogP contribution in [0, 0.1) is 0 Å². The molecule has 0 radical (unpaired) electrons. The molecule has 0 atom stereocenters. The summed E-state index contributed by atoms with van der Waals surface area (Å²) in [6.45, 7) is 8.45. The van der Waals surface area contributed by atoms with Gasteiger partial charge in [-0.05, 0) is 37.5 Å². The lowest BCUT2D eigenvalue weighted by Gasteiger charge is -2.14. The Hall–Kier alpha value is -1.97. The van der Waals surface area contributed by atoms with E-state index in [-0.39, 0.29) is 5.97 Å². The molecule has 0 saturated carbocycles. The second kappa shape index (κ2) is 28.2. The number of hydrogen-bond acceptors (Lipinski definition) is 4. The summed E-state index contributed by atoms with van der Waals surface area (Å²) in [5.74, 6) is 1.24. The van der Waals surface area contributed by atoms with Crippen LogP contribution in [-0.4, -0.2) is 25.8 Å². The van der Waals surface area contributed by atoms with E-state index in [1.165, 1.54) is 122 Å². The van der Waals surface area contributed by atoms with Gasteiger partial charge in [0.25, 0.3) is 0 Å². The van der Waals surface area contributed by atoms with Crippen molar-refractivity contribution in [2.24, 2.45) is 0 Å². The van der Waals surface area contributed by atoms with Crippen LogP contribution in [0.25, 0.3) is 6.08 Å². The summed E-state index contributed by atoms with van der Waals surface area (Å²) in [6, 6.07) is 5.94. The maximum atomic E-state index is 12.2. The molecule has 0 aliphatic heterocycles. The SMILES string of the molecule is CCCCCCCCCCCCOc1cccc(OCCCCCCCCCCCC)c1C=CC(=O)OCCCC. The molecule has 0 heterocycles. The highest BCUT2D eigenvalue weighted by Gasteiger charge is 2.10. The minimum absolute atomic E-state index is 0.316. The summed E-state index contributed by atoms with van der Waals surface area (Å²) in [7, 11) is 0. The molecule has 0 bridgehead atoms. The molecule has 4 heteroatoms. The van der Waals surface area contributed by atoms with Crippen LogP contribution in [0.5, 0.6) is 11.5 Å².